The van der Waals surface area contributed by atoms with Gasteiger partial charge in [0.05, 0.1) is 23.8 Å². The van der Waals surface area contributed by atoms with Gasteiger partial charge in [-0.1, -0.05) is 18.2 Å². The zero-order valence-corrected chi connectivity index (χ0v) is 16.1. The van der Waals surface area contributed by atoms with Gasteiger partial charge in [0, 0.05) is 30.2 Å². The summed E-state index contributed by atoms with van der Waals surface area (Å²) in [5.74, 6) is 1.54. The van der Waals surface area contributed by atoms with Crippen molar-refractivity contribution < 1.29 is 14.4 Å². The van der Waals surface area contributed by atoms with Crippen LogP contribution in [0.5, 0.6) is 0 Å². The number of thioether (sulfide) groups is 1. The van der Waals surface area contributed by atoms with Gasteiger partial charge in [-0.3, -0.25) is 14.6 Å². The van der Waals surface area contributed by atoms with Crippen LogP contribution in [0.25, 0.3) is 10.9 Å². The van der Waals surface area contributed by atoms with E-state index in [1.54, 1.807) is 18.9 Å². The second-order valence-electron chi connectivity index (χ2n) is 6.83. The molecule has 0 radical (unpaired) electrons. The van der Waals surface area contributed by atoms with Crippen molar-refractivity contribution in [1.29, 1.82) is 0 Å². The molecule has 2 aromatic rings. The summed E-state index contributed by atoms with van der Waals surface area (Å²) in [5.41, 5.74) is 1.73. The fourth-order valence-electron chi connectivity index (χ4n) is 2.39. The molecule has 0 fully saturated rings. The van der Waals surface area contributed by atoms with Crippen LogP contribution in [0.15, 0.2) is 36.5 Å². The summed E-state index contributed by atoms with van der Waals surface area (Å²) in [6.07, 6.45) is 2.64. The monoisotopic (exact) mass is 362 g/mol. The summed E-state index contributed by atoms with van der Waals surface area (Å²) in [6, 6.07) is 10.1. The van der Waals surface area contributed by atoms with E-state index in [1.807, 2.05) is 45.2 Å². The van der Waals surface area contributed by atoms with Crippen LogP contribution in [0.1, 0.15) is 26.3 Å². The van der Waals surface area contributed by atoms with Crippen LogP contribution in [0.3, 0.4) is 0 Å². The molecule has 1 atom stereocenters. The topological polar surface area (TPSA) is 51.7 Å². The number of fused-ring (bicyclic) bond motifs is 1. The second-order valence-corrected chi connectivity index (χ2v) is 7.86. The van der Waals surface area contributed by atoms with Gasteiger partial charge in [-0.25, -0.2) is 5.06 Å². The normalized spacial score (nSPS) is 13.0. The fourth-order valence-corrected chi connectivity index (χ4v) is 3.42. The largest absolute Gasteiger partial charge is 0.382 e. The molecule has 0 spiro atoms. The van der Waals surface area contributed by atoms with Crippen molar-refractivity contribution in [2.75, 3.05) is 19.5 Å². The second kappa shape index (κ2) is 9.17. The van der Waals surface area contributed by atoms with Gasteiger partial charge in [-0.15, -0.1) is 0 Å². The van der Waals surface area contributed by atoms with Crippen molar-refractivity contribution in [2.45, 2.75) is 38.2 Å². The molecule has 1 aromatic carbocycles. The van der Waals surface area contributed by atoms with Crippen LogP contribution in [0.2, 0.25) is 0 Å². The van der Waals surface area contributed by atoms with Gasteiger partial charge in [0.2, 0.25) is 6.41 Å². The first-order valence-corrected chi connectivity index (χ1v) is 9.41. The summed E-state index contributed by atoms with van der Waals surface area (Å²) in [7, 11) is 1.63. The van der Waals surface area contributed by atoms with Gasteiger partial charge >= 0.3 is 0 Å². The molecule has 1 aromatic heterocycles. The van der Waals surface area contributed by atoms with Gasteiger partial charge in [0.15, 0.2) is 0 Å². The fraction of sp³-hybridized carbons (Fsp3) is 0.474. The Morgan fingerprint density at radius 1 is 1.32 bits per heavy atom. The summed E-state index contributed by atoms with van der Waals surface area (Å²) in [6.45, 7) is 6.18. The molecular weight excluding hydrogens is 336 g/mol. The van der Waals surface area contributed by atoms with Crippen molar-refractivity contribution in [3.05, 3.63) is 42.1 Å². The number of carbonyl (C=O) groups is 1. The highest BCUT2D eigenvalue weighted by Gasteiger charge is 2.23. The predicted molar refractivity (Wildman–Crippen MR) is 102 cm³/mol. The Labute approximate surface area is 153 Å². The van der Waals surface area contributed by atoms with E-state index in [2.05, 4.69) is 17.1 Å². The zero-order valence-electron chi connectivity index (χ0n) is 15.3. The maximum atomic E-state index is 11.4. The average molecular weight is 362 g/mol. The number of carbonyl (C=O) groups excluding carboxylic acids is 1. The smallest absolute Gasteiger partial charge is 0.233 e. The Hall–Kier alpha value is -1.63. The third-order valence-electron chi connectivity index (χ3n) is 3.43. The van der Waals surface area contributed by atoms with E-state index in [0.717, 1.165) is 34.4 Å². The Kier molecular flexibility index (Phi) is 7.23. The summed E-state index contributed by atoms with van der Waals surface area (Å²) < 4.78 is 5.26. The molecule has 0 saturated carbocycles. The number of amides is 1. The molecule has 5 nitrogen and oxygen atoms in total. The maximum Gasteiger partial charge on any atom is 0.233 e. The first-order valence-electron chi connectivity index (χ1n) is 8.26. The van der Waals surface area contributed by atoms with Gasteiger partial charge in [0.25, 0.3) is 0 Å². The number of nitrogens with zero attached hydrogens (tertiary/aromatic N) is 2. The minimum absolute atomic E-state index is 0.139. The Bertz CT molecular complexity index is 688. The Morgan fingerprint density at radius 3 is 2.76 bits per heavy atom. The molecule has 25 heavy (non-hydrogen) atoms. The number of rotatable bonds is 9. The molecular formula is C19H26N2O3S. The standard InChI is InChI=1S/C19H26N2O3S/c1-19(2,3)24-21(14-22)17(11-23-4)13-25-12-15-9-16-7-5-6-8-18(16)20-10-15/h5-10,14,17H,11-13H2,1-4H3. The van der Waals surface area contributed by atoms with Gasteiger partial charge in [0.1, 0.15) is 0 Å². The van der Waals surface area contributed by atoms with Crippen LogP contribution < -0.4 is 0 Å². The average Bonchev–Trinajstić information content (AvgIpc) is 2.58. The lowest BCUT2D eigenvalue weighted by molar-refractivity contribution is -0.233. The van der Waals surface area contributed by atoms with Gasteiger partial charge in [-0.2, -0.15) is 11.8 Å². The number of aromatic nitrogens is 1. The minimum Gasteiger partial charge on any atom is -0.382 e. The quantitative estimate of drug-likeness (QED) is 0.503. The molecule has 1 amide bonds. The zero-order chi connectivity index (χ0) is 18.3. The van der Waals surface area contributed by atoms with Crippen LogP contribution in [0.4, 0.5) is 0 Å². The van der Waals surface area contributed by atoms with Crippen LogP contribution in [-0.2, 0) is 20.1 Å². The molecule has 0 bridgehead atoms. The maximum absolute atomic E-state index is 11.4. The molecule has 136 valence electrons. The third-order valence-corrected chi connectivity index (χ3v) is 4.59. The highest BCUT2D eigenvalue weighted by molar-refractivity contribution is 7.98. The van der Waals surface area contributed by atoms with Gasteiger partial charge < -0.3 is 4.74 Å². The summed E-state index contributed by atoms with van der Waals surface area (Å²) >= 11 is 1.73. The number of pyridine rings is 1. The van der Waals surface area contributed by atoms with E-state index in [9.17, 15) is 4.79 Å². The lowest BCUT2D eigenvalue weighted by Gasteiger charge is -2.32. The predicted octanol–water partition coefficient (Wildman–Crippen LogP) is 3.67. The van der Waals surface area contributed by atoms with Crippen LogP contribution in [-0.4, -0.2) is 47.6 Å². The van der Waals surface area contributed by atoms with E-state index >= 15 is 0 Å². The van der Waals surface area contributed by atoms with Gasteiger partial charge in [-0.05, 0) is 38.5 Å². The first-order chi connectivity index (χ1) is 11.9. The van der Waals surface area contributed by atoms with E-state index < -0.39 is 5.60 Å². The Morgan fingerprint density at radius 2 is 2.08 bits per heavy atom. The number of para-hydroxylation sites is 1. The number of hydroxylamine groups is 2. The summed E-state index contributed by atoms with van der Waals surface area (Å²) in [5, 5.41) is 2.51. The number of hydrogen-bond acceptors (Lipinski definition) is 5. The van der Waals surface area contributed by atoms with E-state index in [-0.39, 0.29) is 6.04 Å². The van der Waals surface area contributed by atoms with Crippen molar-refractivity contribution in [1.82, 2.24) is 10.0 Å². The van der Waals surface area contributed by atoms with Crippen molar-refractivity contribution in [3.8, 4) is 0 Å². The van der Waals surface area contributed by atoms with Crippen LogP contribution in [0, 0.1) is 0 Å². The minimum atomic E-state index is -0.431. The SMILES string of the molecule is COCC(CSCc1cnc2ccccc2c1)N(C=O)OC(C)(C)C. The lowest BCUT2D eigenvalue weighted by atomic mass is 10.2. The van der Waals surface area contributed by atoms with Crippen molar-refractivity contribution >= 4 is 29.1 Å². The van der Waals surface area contributed by atoms with E-state index in [4.69, 9.17) is 9.57 Å². The van der Waals surface area contributed by atoms with Crippen LogP contribution >= 0.6 is 11.8 Å². The Balaban J connectivity index is 1.96. The summed E-state index contributed by atoms with van der Waals surface area (Å²) in [4.78, 5) is 21.6. The highest BCUT2D eigenvalue weighted by Crippen LogP contribution is 2.20. The number of ether oxygens (including phenoxy) is 1. The van der Waals surface area contributed by atoms with Crippen molar-refractivity contribution in [2.24, 2.45) is 0 Å². The van der Waals surface area contributed by atoms with Crippen molar-refractivity contribution in [3.63, 3.8) is 0 Å². The highest BCUT2D eigenvalue weighted by atomic mass is 32.2. The third kappa shape index (κ3) is 6.30. The molecule has 1 heterocycles. The molecule has 0 aliphatic heterocycles. The lowest BCUT2D eigenvalue weighted by Crippen LogP contribution is -2.44. The molecule has 0 saturated heterocycles. The number of methoxy groups -OCH3 is 1. The number of hydrogen-bond donors (Lipinski definition) is 0. The molecule has 0 aliphatic rings. The molecule has 0 N–H and O–H groups in total. The molecule has 2 rings (SSSR count). The molecule has 1 unspecified atom stereocenters. The van der Waals surface area contributed by atoms with E-state index in [1.165, 1.54) is 5.06 Å². The first kappa shape index (κ1) is 19.7. The number of benzene rings is 1. The molecule has 0 aliphatic carbocycles. The van der Waals surface area contributed by atoms with E-state index in [0.29, 0.717) is 6.61 Å². The molecule has 6 heteroatoms.